The zero-order chi connectivity index (χ0) is 20.4. The first-order chi connectivity index (χ1) is 14.0. The number of para-hydroxylation sites is 1. The Labute approximate surface area is 167 Å². The highest BCUT2D eigenvalue weighted by atomic mass is 16.3. The molecule has 4 aromatic rings. The molecule has 0 atom stereocenters. The molecule has 0 saturated heterocycles. The first-order valence-electron chi connectivity index (χ1n) is 9.15. The fourth-order valence-corrected chi connectivity index (χ4v) is 3.11. The number of hydrogen-bond acceptors (Lipinski definition) is 4. The number of furan rings is 1. The molecule has 0 aliphatic heterocycles. The summed E-state index contributed by atoms with van der Waals surface area (Å²) in [4.78, 5) is 29.3. The van der Waals surface area contributed by atoms with Crippen LogP contribution in [-0.4, -0.2) is 23.8 Å². The lowest BCUT2D eigenvalue weighted by atomic mass is 10.1. The largest absolute Gasteiger partial charge is 0.460 e. The number of hydrogen-bond donors (Lipinski definition) is 2. The highest BCUT2D eigenvalue weighted by Gasteiger charge is 2.16. The van der Waals surface area contributed by atoms with Crippen LogP contribution in [-0.2, 0) is 0 Å². The van der Waals surface area contributed by atoms with Crippen LogP contribution in [0, 0.1) is 6.92 Å². The van der Waals surface area contributed by atoms with E-state index in [4.69, 9.17) is 4.42 Å². The van der Waals surface area contributed by atoms with E-state index in [-0.39, 0.29) is 11.8 Å². The Hall–Kier alpha value is -3.93. The van der Waals surface area contributed by atoms with Crippen LogP contribution in [0.15, 0.2) is 71.1 Å². The van der Waals surface area contributed by atoms with Crippen LogP contribution in [0.1, 0.15) is 26.5 Å². The van der Waals surface area contributed by atoms with Crippen LogP contribution in [0.4, 0.5) is 5.69 Å². The molecule has 0 bridgehead atoms. The Morgan fingerprint density at radius 2 is 1.69 bits per heavy atom. The third-order valence-electron chi connectivity index (χ3n) is 4.59. The van der Waals surface area contributed by atoms with Gasteiger partial charge in [-0.2, -0.15) is 0 Å². The summed E-state index contributed by atoms with van der Waals surface area (Å²) in [5.74, 6) is 0.941. The fraction of sp³-hybridized carbons (Fsp3) is 0.0870. The van der Waals surface area contributed by atoms with Gasteiger partial charge in [-0.15, -0.1) is 0 Å². The SMILES string of the molecule is CNC(=O)c1ccc(NC(=O)c2cc(-c3ccc(C)o3)nc3ccccc23)cc1. The minimum Gasteiger partial charge on any atom is -0.460 e. The van der Waals surface area contributed by atoms with Crippen molar-refractivity contribution in [1.82, 2.24) is 10.3 Å². The molecule has 2 N–H and O–H groups in total. The summed E-state index contributed by atoms with van der Waals surface area (Å²) >= 11 is 0. The van der Waals surface area contributed by atoms with E-state index in [1.165, 1.54) is 0 Å². The maximum Gasteiger partial charge on any atom is 0.256 e. The Morgan fingerprint density at radius 3 is 2.38 bits per heavy atom. The number of fused-ring (bicyclic) bond motifs is 1. The number of benzene rings is 2. The lowest BCUT2D eigenvalue weighted by Crippen LogP contribution is -2.18. The zero-order valence-corrected chi connectivity index (χ0v) is 16.0. The average molecular weight is 385 g/mol. The summed E-state index contributed by atoms with van der Waals surface area (Å²) in [7, 11) is 1.57. The zero-order valence-electron chi connectivity index (χ0n) is 16.0. The van der Waals surface area contributed by atoms with Crippen LogP contribution in [0.5, 0.6) is 0 Å². The van der Waals surface area contributed by atoms with Crippen molar-refractivity contribution in [3.05, 3.63) is 83.6 Å². The molecule has 4 rings (SSSR count). The lowest BCUT2D eigenvalue weighted by Gasteiger charge is -2.10. The van der Waals surface area contributed by atoms with Crippen molar-refractivity contribution in [2.45, 2.75) is 6.92 Å². The van der Waals surface area contributed by atoms with Crippen LogP contribution < -0.4 is 10.6 Å². The van der Waals surface area contributed by atoms with Gasteiger partial charge in [0.15, 0.2) is 5.76 Å². The number of carbonyl (C=O) groups excluding carboxylic acids is 2. The summed E-state index contributed by atoms with van der Waals surface area (Å²) in [6, 6.07) is 19.6. The second kappa shape index (κ2) is 7.59. The summed E-state index contributed by atoms with van der Waals surface area (Å²) < 4.78 is 5.69. The smallest absolute Gasteiger partial charge is 0.256 e. The van der Waals surface area contributed by atoms with Gasteiger partial charge in [-0.3, -0.25) is 9.59 Å². The van der Waals surface area contributed by atoms with Gasteiger partial charge < -0.3 is 15.1 Å². The molecule has 6 nitrogen and oxygen atoms in total. The van der Waals surface area contributed by atoms with Gasteiger partial charge in [-0.25, -0.2) is 4.98 Å². The molecule has 0 unspecified atom stereocenters. The number of rotatable bonds is 4. The molecule has 2 aromatic carbocycles. The quantitative estimate of drug-likeness (QED) is 0.545. The van der Waals surface area contributed by atoms with E-state index in [9.17, 15) is 9.59 Å². The van der Waals surface area contributed by atoms with Crippen molar-refractivity contribution in [2.75, 3.05) is 12.4 Å². The van der Waals surface area contributed by atoms with Crippen molar-refractivity contribution in [3.8, 4) is 11.5 Å². The highest BCUT2D eigenvalue weighted by Crippen LogP contribution is 2.27. The van der Waals surface area contributed by atoms with Crippen molar-refractivity contribution < 1.29 is 14.0 Å². The molecule has 0 aliphatic rings. The molecule has 0 aliphatic carbocycles. The second-order valence-electron chi connectivity index (χ2n) is 6.59. The van der Waals surface area contributed by atoms with Gasteiger partial charge in [0.25, 0.3) is 11.8 Å². The maximum absolute atomic E-state index is 13.0. The maximum atomic E-state index is 13.0. The number of anilines is 1. The molecule has 29 heavy (non-hydrogen) atoms. The van der Waals surface area contributed by atoms with E-state index in [1.807, 2.05) is 43.3 Å². The molecule has 2 amide bonds. The monoisotopic (exact) mass is 385 g/mol. The summed E-state index contributed by atoms with van der Waals surface area (Å²) in [6.45, 7) is 1.86. The van der Waals surface area contributed by atoms with Crippen molar-refractivity contribution in [1.29, 1.82) is 0 Å². The number of nitrogens with zero attached hydrogens (tertiary/aromatic N) is 1. The summed E-state index contributed by atoms with van der Waals surface area (Å²) in [6.07, 6.45) is 0. The minimum atomic E-state index is -0.263. The molecule has 2 heterocycles. The molecule has 0 spiro atoms. The summed E-state index contributed by atoms with van der Waals surface area (Å²) in [5, 5.41) is 6.21. The number of amides is 2. The second-order valence-corrected chi connectivity index (χ2v) is 6.59. The lowest BCUT2D eigenvalue weighted by molar-refractivity contribution is 0.0962. The van der Waals surface area contributed by atoms with E-state index in [2.05, 4.69) is 15.6 Å². The van der Waals surface area contributed by atoms with Gasteiger partial charge in [-0.1, -0.05) is 18.2 Å². The molecular formula is C23H19N3O3. The van der Waals surface area contributed by atoms with Gasteiger partial charge in [-0.05, 0) is 55.5 Å². The molecular weight excluding hydrogens is 366 g/mol. The van der Waals surface area contributed by atoms with E-state index >= 15 is 0 Å². The number of nitrogens with one attached hydrogen (secondary N) is 2. The van der Waals surface area contributed by atoms with Crippen molar-refractivity contribution in [3.63, 3.8) is 0 Å². The normalized spacial score (nSPS) is 10.7. The average Bonchev–Trinajstić information content (AvgIpc) is 3.19. The van der Waals surface area contributed by atoms with Crippen LogP contribution in [0.25, 0.3) is 22.4 Å². The molecule has 0 radical (unpaired) electrons. The van der Waals surface area contributed by atoms with Crippen molar-refractivity contribution in [2.24, 2.45) is 0 Å². The van der Waals surface area contributed by atoms with Gasteiger partial charge in [0.1, 0.15) is 11.5 Å². The van der Waals surface area contributed by atoms with Crippen LogP contribution in [0.3, 0.4) is 0 Å². The first kappa shape index (κ1) is 18.4. The topological polar surface area (TPSA) is 84.2 Å². The Kier molecular flexibility index (Phi) is 4.83. The molecule has 6 heteroatoms. The number of carbonyl (C=O) groups is 2. The van der Waals surface area contributed by atoms with Gasteiger partial charge in [0.05, 0.1) is 11.1 Å². The van der Waals surface area contributed by atoms with Gasteiger partial charge >= 0.3 is 0 Å². The van der Waals surface area contributed by atoms with E-state index in [0.717, 1.165) is 11.1 Å². The Balaban J connectivity index is 1.70. The molecule has 144 valence electrons. The fourth-order valence-electron chi connectivity index (χ4n) is 3.11. The van der Waals surface area contributed by atoms with Crippen LogP contribution >= 0.6 is 0 Å². The molecule has 0 fully saturated rings. The molecule has 0 saturated carbocycles. The third-order valence-corrected chi connectivity index (χ3v) is 4.59. The Bertz CT molecular complexity index is 1210. The number of pyridine rings is 1. The predicted octanol–water partition coefficient (Wildman–Crippen LogP) is 4.42. The molecule has 2 aromatic heterocycles. The van der Waals surface area contributed by atoms with Crippen molar-refractivity contribution >= 4 is 28.4 Å². The number of aryl methyl sites for hydroxylation is 1. The van der Waals surface area contributed by atoms with Gasteiger partial charge in [0, 0.05) is 23.7 Å². The first-order valence-corrected chi connectivity index (χ1v) is 9.15. The predicted molar refractivity (Wildman–Crippen MR) is 112 cm³/mol. The van der Waals surface area contributed by atoms with E-state index in [0.29, 0.717) is 33.8 Å². The highest BCUT2D eigenvalue weighted by molar-refractivity contribution is 6.13. The van der Waals surface area contributed by atoms with E-state index in [1.54, 1.807) is 37.4 Å². The summed E-state index contributed by atoms with van der Waals surface area (Å²) in [5.41, 5.74) is 2.92. The minimum absolute atomic E-state index is 0.179. The Morgan fingerprint density at radius 1 is 0.931 bits per heavy atom. The van der Waals surface area contributed by atoms with Gasteiger partial charge in [0.2, 0.25) is 0 Å². The van der Waals surface area contributed by atoms with Crippen LogP contribution in [0.2, 0.25) is 0 Å². The van der Waals surface area contributed by atoms with E-state index < -0.39 is 0 Å². The number of aromatic nitrogens is 1. The third kappa shape index (κ3) is 3.73. The standard InChI is InChI=1S/C23H19N3O3/c1-14-7-12-21(29-14)20-13-18(17-5-3-4-6-19(17)26-20)23(28)25-16-10-8-15(9-11-16)22(27)24-2/h3-13H,1-2H3,(H,24,27)(H,25,28).